The molecule has 0 radical (unpaired) electrons. The number of nitrogens with zero attached hydrogens (tertiary/aromatic N) is 2. The third-order valence-corrected chi connectivity index (χ3v) is 3.46. The highest BCUT2D eigenvalue weighted by Gasteiger charge is 2.02. The Balaban J connectivity index is 1.94. The molecule has 0 spiro atoms. The van der Waals surface area contributed by atoms with Gasteiger partial charge in [0.1, 0.15) is 5.01 Å². The molecule has 0 aliphatic rings. The van der Waals surface area contributed by atoms with Gasteiger partial charge in [-0.2, -0.15) is 0 Å². The molecule has 2 heterocycles. The Morgan fingerprint density at radius 1 is 1.47 bits per heavy atom. The number of aryl methyl sites for hydroxylation is 1. The molecule has 0 bridgehead atoms. The molecule has 2 rings (SSSR count). The third kappa shape index (κ3) is 3.68. The van der Waals surface area contributed by atoms with Crippen LogP contribution < -0.4 is 5.32 Å². The van der Waals surface area contributed by atoms with Crippen molar-refractivity contribution in [2.24, 2.45) is 0 Å². The SMILES string of the molecule is Cc1csc(Cn2ccc(CNC(C)C)c2)n1. The van der Waals surface area contributed by atoms with Crippen molar-refractivity contribution in [2.75, 3.05) is 0 Å². The van der Waals surface area contributed by atoms with Crippen molar-refractivity contribution in [3.63, 3.8) is 0 Å². The Hall–Kier alpha value is -1.13. The summed E-state index contributed by atoms with van der Waals surface area (Å²) in [5.74, 6) is 0. The van der Waals surface area contributed by atoms with Crippen LogP contribution in [0.1, 0.15) is 30.1 Å². The summed E-state index contributed by atoms with van der Waals surface area (Å²) in [7, 11) is 0. The molecule has 0 aliphatic heterocycles. The van der Waals surface area contributed by atoms with Crippen molar-refractivity contribution in [3.8, 4) is 0 Å². The van der Waals surface area contributed by atoms with Gasteiger partial charge in [-0.25, -0.2) is 4.98 Å². The van der Waals surface area contributed by atoms with Gasteiger partial charge in [0.05, 0.1) is 6.54 Å². The second-order valence-electron chi connectivity index (χ2n) is 4.61. The molecule has 0 saturated heterocycles. The topological polar surface area (TPSA) is 29.9 Å². The predicted molar refractivity (Wildman–Crippen MR) is 72.4 cm³/mol. The van der Waals surface area contributed by atoms with E-state index >= 15 is 0 Å². The molecule has 0 aliphatic carbocycles. The van der Waals surface area contributed by atoms with E-state index in [2.05, 4.69) is 52.6 Å². The summed E-state index contributed by atoms with van der Waals surface area (Å²) in [5, 5.41) is 6.68. The van der Waals surface area contributed by atoms with Crippen LogP contribution in [0.2, 0.25) is 0 Å². The Morgan fingerprint density at radius 3 is 2.94 bits per heavy atom. The minimum atomic E-state index is 0.528. The number of hydrogen-bond donors (Lipinski definition) is 1. The maximum absolute atomic E-state index is 4.47. The van der Waals surface area contributed by atoms with Crippen molar-refractivity contribution in [1.29, 1.82) is 0 Å². The predicted octanol–water partition coefficient (Wildman–Crippen LogP) is 2.80. The minimum Gasteiger partial charge on any atom is -0.347 e. The molecule has 0 atom stereocenters. The largest absolute Gasteiger partial charge is 0.347 e. The molecule has 17 heavy (non-hydrogen) atoms. The summed E-state index contributed by atoms with van der Waals surface area (Å²) < 4.78 is 2.19. The maximum atomic E-state index is 4.47. The lowest BCUT2D eigenvalue weighted by molar-refractivity contribution is 0.588. The van der Waals surface area contributed by atoms with E-state index in [0.29, 0.717) is 6.04 Å². The van der Waals surface area contributed by atoms with Gasteiger partial charge in [-0.05, 0) is 18.6 Å². The molecule has 0 aromatic carbocycles. The lowest BCUT2D eigenvalue weighted by Crippen LogP contribution is -2.21. The monoisotopic (exact) mass is 249 g/mol. The van der Waals surface area contributed by atoms with Crippen molar-refractivity contribution in [3.05, 3.63) is 40.1 Å². The van der Waals surface area contributed by atoms with E-state index in [4.69, 9.17) is 0 Å². The number of aromatic nitrogens is 2. The van der Waals surface area contributed by atoms with Gasteiger partial charge in [-0.3, -0.25) is 0 Å². The second-order valence-corrected chi connectivity index (χ2v) is 5.55. The van der Waals surface area contributed by atoms with Gasteiger partial charge in [-0.1, -0.05) is 13.8 Å². The average molecular weight is 249 g/mol. The zero-order valence-electron chi connectivity index (χ0n) is 10.6. The summed E-state index contributed by atoms with van der Waals surface area (Å²) in [6.07, 6.45) is 4.31. The van der Waals surface area contributed by atoms with E-state index in [9.17, 15) is 0 Å². The first kappa shape index (κ1) is 12.3. The standard InChI is InChI=1S/C13H19N3S/c1-10(2)14-6-12-4-5-16(7-12)8-13-15-11(3)9-17-13/h4-5,7,9-10,14H,6,8H2,1-3H3. The molecule has 2 aromatic heterocycles. The van der Waals surface area contributed by atoms with Crippen LogP contribution in [0, 0.1) is 6.92 Å². The fourth-order valence-corrected chi connectivity index (χ4v) is 2.43. The summed E-state index contributed by atoms with van der Waals surface area (Å²) in [4.78, 5) is 4.47. The van der Waals surface area contributed by atoms with Crippen LogP contribution in [-0.2, 0) is 13.1 Å². The number of hydrogen-bond acceptors (Lipinski definition) is 3. The smallest absolute Gasteiger partial charge is 0.113 e. The van der Waals surface area contributed by atoms with Gasteiger partial charge >= 0.3 is 0 Å². The van der Waals surface area contributed by atoms with Crippen LogP contribution in [0.25, 0.3) is 0 Å². The van der Waals surface area contributed by atoms with E-state index in [1.807, 2.05) is 6.92 Å². The zero-order valence-corrected chi connectivity index (χ0v) is 11.4. The molecule has 2 aromatic rings. The quantitative estimate of drug-likeness (QED) is 0.883. The van der Waals surface area contributed by atoms with Crippen molar-refractivity contribution >= 4 is 11.3 Å². The van der Waals surface area contributed by atoms with Crippen molar-refractivity contribution in [2.45, 2.75) is 39.9 Å². The molecule has 0 amide bonds. The Bertz CT molecular complexity index is 470. The highest BCUT2D eigenvalue weighted by molar-refractivity contribution is 7.09. The lowest BCUT2D eigenvalue weighted by Gasteiger charge is -2.05. The van der Waals surface area contributed by atoms with E-state index < -0.39 is 0 Å². The third-order valence-electron chi connectivity index (χ3n) is 2.51. The van der Waals surface area contributed by atoms with Gasteiger partial charge in [0.2, 0.25) is 0 Å². The minimum absolute atomic E-state index is 0.528. The van der Waals surface area contributed by atoms with Gasteiger partial charge < -0.3 is 9.88 Å². The van der Waals surface area contributed by atoms with E-state index in [-0.39, 0.29) is 0 Å². The zero-order chi connectivity index (χ0) is 12.3. The van der Waals surface area contributed by atoms with Gasteiger partial charge in [-0.15, -0.1) is 11.3 Å². The van der Waals surface area contributed by atoms with Crippen molar-refractivity contribution < 1.29 is 0 Å². The average Bonchev–Trinajstić information content (AvgIpc) is 2.86. The Labute approximate surface area is 107 Å². The van der Waals surface area contributed by atoms with Crippen LogP contribution in [0.15, 0.2) is 23.8 Å². The lowest BCUT2D eigenvalue weighted by atomic mass is 10.3. The fraction of sp³-hybridized carbons (Fsp3) is 0.462. The fourth-order valence-electron chi connectivity index (χ4n) is 1.65. The molecule has 0 fully saturated rings. The first-order chi connectivity index (χ1) is 8.13. The highest BCUT2D eigenvalue weighted by Crippen LogP contribution is 2.11. The first-order valence-electron chi connectivity index (χ1n) is 5.92. The molecule has 0 unspecified atom stereocenters. The van der Waals surface area contributed by atoms with Crippen LogP contribution in [0.3, 0.4) is 0 Å². The normalized spacial score (nSPS) is 11.3. The molecule has 3 nitrogen and oxygen atoms in total. The number of rotatable bonds is 5. The van der Waals surface area contributed by atoms with E-state index in [0.717, 1.165) is 18.8 Å². The summed E-state index contributed by atoms with van der Waals surface area (Å²) in [6, 6.07) is 2.69. The summed E-state index contributed by atoms with van der Waals surface area (Å²) in [5.41, 5.74) is 2.44. The number of nitrogens with one attached hydrogen (secondary N) is 1. The Kier molecular flexibility index (Phi) is 3.97. The van der Waals surface area contributed by atoms with E-state index in [1.165, 1.54) is 10.6 Å². The summed E-state index contributed by atoms with van der Waals surface area (Å²) >= 11 is 1.72. The van der Waals surface area contributed by atoms with Crippen molar-refractivity contribution in [1.82, 2.24) is 14.9 Å². The molecular formula is C13H19N3S. The molecule has 92 valence electrons. The van der Waals surface area contributed by atoms with Gasteiger partial charge in [0.15, 0.2) is 0 Å². The summed E-state index contributed by atoms with van der Waals surface area (Å²) in [6.45, 7) is 8.17. The molecular weight excluding hydrogens is 230 g/mol. The second kappa shape index (κ2) is 5.47. The van der Waals surface area contributed by atoms with Crippen LogP contribution in [0.4, 0.5) is 0 Å². The van der Waals surface area contributed by atoms with Crippen LogP contribution in [0.5, 0.6) is 0 Å². The Morgan fingerprint density at radius 2 is 2.29 bits per heavy atom. The molecule has 4 heteroatoms. The van der Waals surface area contributed by atoms with Gasteiger partial charge in [0, 0.05) is 36.1 Å². The first-order valence-corrected chi connectivity index (χ1v) is 6.80. The van der Waals surface area contributed by atoms with Gasteiger partial charge in [0.25, 0.3) is 0 Å². The molecule has 1 N–H and O–H groups in total. The van der Waals surface area contributed by atoms with E-state index in [1.54, 1.807) is 11.3 Å². The van der Waals surface area contributed by atoms with Crippen LogP contribution in [-0.4, -0.2) is 15.6 Å². The highest BCUT2D eigenvalue weighted by atomic mass is 32.1. The maximum Gasteiger partial charge on any atom is 0.113 e. The van der Waals surface area contributed by atoms with Crippen LogP contribution >= 0.6 is 11.3 Å². The molecule has 0 saturated carbocycles. The number of thiazole rings is 1.